The van der Waals surface area contributed by atoms with Gasteiger partial charge in [-0.25, -0.2) is 9.97 Å². The predicted molar refractivity (Wildman–Crippen MR) is 70.5 cm³/mol. The van der Waals surface area contributed by atoms with E-state index < -0.39 is 0 Å². The Morgan fingerprint density at radius 2 is 2.00 bits per heavy atom. The Morgan fingerprint density at radius 3 is 2.63 bits per heavy atom. The summed E-state index contributed by atoms with van der Waals surface area (Å²) < 4.78 is 5.24. The quantitative estimate of drug-likeness (QED) is 0.848. The molecule has 1 atom stereocenters. The third-order valence-electron chi connectivity index (χ3n) is 2.55. The monoisotopic (exact) mass is 259 g/mol. The van der Waals surface area contributed by atoms with Crippen LogP contribution in [0.2, 0.25) is 0 Å². The largest absolute Gasteiger partial charge is 0.477 e. The van der Waals surface area contributed by atoms with Gasteiger partial charge in [-0.1, -0.05) is 0 Å². The van der Waals surface area contributed by atoms with Gasteiger partial charge < -0.3 is 10.1 Å². The van der Waals surface area contributed by atoms with Crippen molar-refractivity contribution in [3.05, 3.63) is 42.1 Å². The second-order valence-corrected chi connectivity index (χ2v) is 4.01. The van der Waals surface area contributed by atoms with Gasteiger partial charge in [0.1, 0.15) is 5.82 Å². The fourth-order valence-electron chi connectivity index (χ4n) is 1.55. The van der Waals surface area contributed by atoms with Crippen LogP contribution in [0.5, 0.6) is 5.88 Å². The topological polar surface area (TPSA) is 72.8 Å². The van der Waals surface area contributed by atoms with Crippen LogP contribution >= 0.6 is 0 Å². The molecule has 0 bridgehead atoms. The molecule has 0 aliphatic carbocycles. The van der Waals surface area contributed by atoms with Crippen molar-refractivity contribution in [3.63, 3.8) is 0 Å². The fraction of sp³-hybridized carbons (Fsp3) is 0.385. The number of nitrogens with zero attached hydrogens (tertiary/aromatic N) is 4. The summed E-state index contributed by atoms with van der Waals surface area (Å²) in [7, 11) is 0. The zero-order valence-corrected chi connectivity index (χ0v) is 11.1. The van der Waals surface area contributed by atoms with Crippen LogP contribution in [0, 0.1) is 0 Å². The van der Waals surface area contributed by atoms with E-state index in [0.29, 0.717) is 19.0 Å². The van der Waals surface area contributed by atoms with Gasteiger partial charge in [0.25, 0.3) is 0 Å². The van der Waals surface area contributed by atoms with Gasteiger partial charge in [-0.05, 0) is 26.0 Å². The molecule has 0 unspecified atom stereocenters. The summed E-state index contributed by atoms with van der Waals surface area (Å²) in [6, 6.07) is 5.57. The van der Waals surface area contributed by atoms with E-state index in [4.69, 9.17) is 4.74 Å². The summed E-state index contributed by atoms with van der Waals surface area (Å²) in [5.41, 5.74) is 0.853. The van der Waals surface area contributed by atoms with Crippen LogP contribution in [0.3, 0.4) is 0 Å². The first-order valence-electron chi connectivity index (χ1n) is 6.25. The van der Waals surface area contributed by atoms with Gasteiger partial charge in [-0.2, -0.15) is 5.10 Å². The summed E-state index contributed by atoms with van der Waals surface area (Å²) in [6.45, 7) is 5.13. The second-order valence-electron chi connectivity index (χ2n) is 4.01. The molecule has 0 fully saturated rings. The molecule has 6 nitrogen and oxygen atoms in total. The SMILES string of the molecule is CCOc1ccc(CN[C@H](C)c2ncccn2)nn1. The van der Waals surface area contributed by atoms with Crippen molar-refractivity contribution in [1.29, 1.82) is 0 Å². The fourth-order valence-corrected chi connectivity index (χ4v) is 1.55. The molecule has 2 heterocycles. The molecular weight excluding hydrogens is 242 g/mol. The number of hydrogen-bond acceptors (Lipinski definition) is 6. The molecule has 0 saturated carbocycles. The first kappa shape index (κ1) is 13.4. The van der Waals surface area contributed by atoms with Gasteiger partial charge in [-0.3, -0.25) is 0 Å². The van der Waals surface area contributed by atoms with Crippen LogP contribution in [0.25, 0.3) is 0 Å². The van der Waals surface area contributed by atoms with Crippen LogP contribution < -0.4 is 10.1 Å². The van der Waals surface area contributed by atoms with Crippen LogP contribution in [0.15, 0.2) is 30.6 Å². The zero-order chi connectivity index (χ0) is 13.5. The molecule has 0 radical (unpaired) electrons. The summed E-state index contributed by atoms with van der Waals surface area (Å²) in [4.78, 5) is 8.40. The van der Waals surface area contributed by atoms with Crippen LogP contribution in [0.1, 0.15) is 31.4 Å². The summed E-state index contributed by atoms with van der Waals surface area (Å²) in [6.07, 6.45) is 3.47. The number of nitrogens with one attached hydrogen (secondary N) is 1. The van der Waals surface area contributed by atoms with E-state index in [2.05, 4.69) is 25.5 Å². The smallest absolute Gasteiger partial charge is 0.233 e. The maximum Gasteiger partial charge on any atom is 0.233 e. The van der Waals surface area contributed by atoms with Crippen molar-refractivity contribution in [3.8, 4) is 5.88 Å². The maximum atomic E-state index is 5.24. The summed E-state index contributed by atoms with van der Waals surface area (Å²) in [5.74, 6) is 1.31. The Balaban J connectivity index is 1.88. The Morgan fingerprint density at radius 1 is 1.21 bits per heavy atom. The third kappa shape index (κ3) is 3.96. The molecule has 2 aromatic rings. The standard InChI is InChI=1S/C13H17N5O/c1-3-19-12-6-5-11(17-18-12)9-16-10(2)13-14-7-4-8-15-13/h4-8,10,16H,3,9H2,1-2H3/t10-/m1/s1. The number of hydrogen-bond donors (Lipinski definition) is 1. The van der Waals surface area contributed by atoms with E-state index in [1.54, 1.807) is 18.5 Å². The lowest BCUT2D eigenvalue weighted by atomic mass is 10.3. The minimum absolute atomic E-state index is 0.0644. The molecule has 100 valence electrons. The molecule has 2 aromatic heterocycles. The van der Waals surface area contributed by atoms with E-state index in [0.717, 1.165) is 11.5 Å². The normalized spacial score (nSPS) is 12.1. The van der Waals surface area contributed by atoms with Crippen LogP contribution in [-0.4, -0.2) is 26.8 Å². The van der Waals surface area contributed by atoms with E-state index in [1.165, 1.54) is 0 Å². The molecule has 1 N–H and O–H groups in total. The molecule has 0 amide bonds. The highest BCUT2D eigenvalue weighted by Gasteiger charge is 2.07. The van der Waals surface area contributed by atoms with Gasteiger partial charge in [0.15, 0.2) is 0 Å². The van der Waals surface area contributed by atoms with Crippen molar-refractivity contribution in [2.75, 3.05) is 6.61 Å². The number of aromatic nitrogens is 4. The van der Waals surface area contributed by atoms with Gasteiger partial charge in [0, 0.05) is 25.0 Å². The average molecular weight is 259 g/mol. The van der Waals surface area contributed by atoms with Gasteiger partial charge >= 0.3 is 0 Å². The van der Waals surface area contributed by atoms with E-state index >= 15 is 0 Å². The maximum absolute atomic E-state index is 5.24. The van der Waals surface area contributed by atoms with Gasteiger partial charge in [0.2, 0.25) is 5.88 Å². The number of rotatable bonds is 6. The number of ether oxygens (including phenoxy) is 1. The van der Waals surface area contributed by atoms with Gasteiger partial charge in [-0.15, -0.1) is 5.10 Å². The average Bonchev–Trinajstić information content (AvgIpc) is 2.47. The highest BCUT2D eigenvalue weighted by molar-refractivity contribution is 5.11. The van der Waals surface area contributed by atoms with E-state index in [1.807, 2.05) is 26.0 Å². The third-order valence-corrected chi connectivity index (χ3v) is 2.55. The molecule has 0 aromatic carbocycles. The van der Waals surface area contributed by atoms with E-state index in [9.17, 15) is 0 Å². The molecular formula is C13H17N5O. The Hall–Kier alpha value is -2.08. The zero-order valence-electron chi connectivity index (χ0n) is 11.1. The lowest BCUT2D eigenvalue weighted by molar-refractivity contribution is 0.322. The van der Waals surface area contributed by atoms with Crippen molar-refractivity contribution >= 4 is 0 Å². The van der Waals surface area contributed by atoms with Crippen molar-refractivity contribution in [2.45, 2.75) is 26.4 Å². The highest BCUT2D eigenvalue weighted by Crippen LogP contribution is 2.08. The van der Waals surface area contributed by atoms with Crippen molar-refractivity contribution < 1.29 is 4.74 Å². The van der Waals surface area contributed by atoms with Crippen LogP contribution in [0.4, 0.5) is 0 Å². The molecule has 0 aliphatic rings. The van der Waals surface area contributed by atoms with E-state index in [-0.39, 0.29) is 6.04 Å². The van der Waals surface area contributed by atoms with Crippen LogP contribution in [-0.2, 0) is 6.54 Å². The molecule has 0 saturated heterocycles. The van der Waals surface area contributed by atoms with Gasteiger partial charge in [0.05, 0.1) is 18.3 Å². The first-order valence-corrected chi connectivity index (χ1v) is 6.25. The summed E-state index contributed by atoms with van der Waals surface area (Å²) in [5, 5.41) is 11.4. The molecule has 0 aliphatic heterocycles. The highest BCUT2D eigenvalue weighted by atomic mass is 16.5. The first-order chi connectivity index (χ1) is 9.29. The van der Waals surface area contributed by atoms with Crippen molar-refractivity contribution in [1.82, 2.24) is 25.5 Å². The Labute approximate surface area is 112 Å². The second kappa shape index (κ2) is 6.75. The van der Waals surface area contributed by atoms with Crippen molar-refractivity contribution in [2.24, 2.45) is 0 Å². The lowest BCUT2D eigenvalue weighted by Gasteiger charge is -2.11. The minimum Gasteiger partial charge on any atom is -0.477 e. The molecule has 6 heteroatoms. The lowest BCUT2D eigenvalue weighted by Crippen LogP contribution is -2.20. The predicted octanol–water partition coefficient (Wildman–Crippen LogP) is 1.52. The molecule has 2 rings (SSSR count). The molecule has 19 heavy (non-hydrogen) atoms. The summed E-state index contributed by atoms with van der Waals surface area (Å²) >= 11 is 0. The molecule has 0 spiro atoms. The Bertz CT molecular complexity index is 488. The Kier molecular flexibility index (Phi) is 4.74. The minimum atomic E-state index is 0.0644.